The van der Waals surface area contributed by atoms with Crippen LogP contribution in [0.3, 0.4) is 0 Å². The van der Waals surface area contributed by atoms with Crippen molar-refractivity contribution >= 4 is 0 Å². The van der Waals surface area contributed by atoms with E-state index in [0.717, 1.165) is 17.9 Å². The lowest BCUT2D eigenvalue weighted by Crippen LogP contribution is -2.43. The minimum Gasteiger partial charge on any atom is -0.464 e. The number of piperidine rings is 1. The summed E-state index contributed by atoms with van der Waals surface area (Å²) in [5.41, 5.74) is 6.70. The van der Waals surface area contributed by atoms with E-state index in [2.05, 4.69) is 24.0 Å². The van der Waals surface area contributed by atoms with E-state index in [1.807, 2.05) is 0 Å². The first kappa shape index (κ1) is 14.2. The Hall–Kier alpha value is -0.800. The van der Waals surface area contributed by atoms with Crippen molar-refractivity contribution < 1.29 is 4.42 Å². The topological polar surface area (TPSA) is 42.4 Å². The normalized spacial score (nSPS) is 24.3. The van der Waals surface area contributed by atoms with Gasteiger partial charge in [0, 0.05) is 13.0 Å². The molecule has 1 unspecified atom stereocenters. The number of furan rings is 1. The molecule has 3 nitrogen and oxygen atoms in total. The van der Waals surface area contributed by atoms with Crippen LogP contribution in [0.1, 0.15) is 63.0 Å². The van der Waals surface area contributed by atoms with Gasteiger partial charge in [-0.15, -0.1) is 0 Å². The van der Waals surface area contributed by atoms with E-state index in [9.17, 15) is 0 Å². The monoisotopic (exact) mass is 276 g/mol. The van der Waals surface area contributed by atoms with Gasteiger partial charge in [-0.25, -0.2) is 0 Å². The first-order valence-corrected chi connectivity index (χ1v) is 8.29. The Balaban J connectivity index is 1.65. The first-order valence-electron chi connectivity index (χ1n) is 8.29. The van der Waals surface area contributed by atoms with Crippen molar-refractivity contribution in [1.29, 1.82) is 0 Å². The van der Waals surface area contributed by atoms with Gasteiger partial charge in [-0.1, -0.05) is 19.8 Å². The number of hydrogen-bond acceptors (Lipinski definition) is 3. The maximum atomic E-state index is 6.03. The van der Waals surface area contributed by atoms with Crippen LogP contribution in [0.2, 0.25) is 0 Å². The molecule has 3 heteroatoms. The van der Waals surface area contributed by atoms with E-state index in [-0.39, 0.29) is 6.04 Å². The summed E-state index contributed by atoms with van der Waals surface area (Å²) in [4.78, 5) is 2.54. The predicted molar refractivity (Wildman–Crippen MR) is 81.6 cm³/mol. The molecule has 2 aliphatic rings. The molecule has 0 amide bonds. The number of nitrogens with zero attached hydrogens (tertiary/aromatic N) is 1. The molecule has 1 aliphatic heterocycles. The summed E-state index contributed by atoms with van der Waals surface area (Å²) < 4.78 is 5.93. The van der Waals surface area contributed by atoms with Gasteiger partial charge in [-0.2, -0.15) is 0 Å². The van der Waals surface area contributed by atoms with E-state index >= 15 is 0 Å². The molecular weight excluding hydrogens is 248 g/mol. The fourth-order valence-electron chi connectivity index (χ4n) is 4.14. The average molecular weight is 276 g/mol. The fourth-order valence-corrected chi connectivity index (χ4v) is 4.14. The van der Waals surface area contributed by atoms with Crippen LogP contribution in [0.5, 0.6) is 0 Å². The van der Waals surface area contributed by atoms with Crippen molar-refractivity contribution in [2.24, 2.45) is 11.1 Å². The standard InChI is InChI=1S/C17H28N2O/c1-2-14-5-6-16(20-14)15(13-18)19-11-9-17(10-12-19)7-3-4-8-17/h5-6,15H,2-4,7-13,18H2,1H3. The Morgan fingerprint density at radius 1 is 1.20 bits per heavy atom. The zero-order valence-electron chi connectivity index (χ0n) is 12.7. The summed E-state index contributed by atoms with van der Waals surface area (Å²) in [6.07, 6.45) is 9.45. The Kier molecular flexibility index (Phi) is 4.18. The number of rotatable bonds is 4. The van der Waals surface area contributed by atoms with Gasteiger partial charge in [0.25, 0.3) is 0 Å². The van der Waals surface area contributed by atoms with Gasteiger partial charge in [0.2, 0.25) is 0 Å². The van der Waals surface area contributed by atoms with E-state index < -0.39 is 0 Å². The third-order valence-corrected chi connectivity index (χ3v) is 5.55. The average Bonchev–Trinajstić information content (AvgIpc) is 3.12. The van der Waals surface area contributed by atoms with Gasteiger partial charge in [0.1, 0.15) is 11.5 Å². The van der Waals surface area contributed by atoms with Crippen LogP contribution in [0, 0.1) is 5.41 Å². The highest BCUT2D eigenvalue weighted by Crippen LogP contribution is 2.47. The molecule has 1 saturated heterocycles. The molecule has 1 aromatic heterocycles. The van der Waals surface area contributed by atoms with E-state index in [0.29, 0.717) is 12.0 Å². The molecule has 0 aromatic carbocycles. The second-order valence-corrected chi connectivity index (χ2v) is 6.65. The maximum absolute atomic E-state index is 6.03. The molecule has 2 fully saturated rings. The van der Waals surface area contributed by atoms with Crippen LogP contribution in [-0.2, 0) is 6.42 Å². The smallest absolute Gasteiger partial charge is 0.122 e. The molecule has 0 bridgehead atoms. The number of hydrogen-bond donors (Lipinski definition) is 1. The van der Waals surface area contributed by atoms with Gasteiger partial charge >= 0.3 is 0 Å². The summed E-state index contributed by atoms with van der Waals surface area (Å²) in [6.45, 7) is 5.16. The summed E-state index contributed by atoms with van der Waals surface area (Å²) >= 11 is 0. The SMILES string of the molecule is CCc1ccc(C(CN)N2CCC3(CCCC3)CC2)o1. The number of nitrogens with two attached hydrogens (primary N) is 1. The van der Waals surface area contributed by atoms with E-state index in [1.165, 1.54) is 51.6 Å². The number of likely N-dealkylation sites (tertiary alicyclic amines) is 1. The van der Waals surface area contributed by atoms with Crippen LogP contribution in [-0.4, -0.2) is 24.5 Å². The van der Waals surface area contributed by atoms with Crippen molar-refractivity contribution in [1.82, 2.24) is 4.90 Å². The minimum atomic E-state index is 0.272. The largest absolute Gasteiger partial charge is 0.464 e. The molecule has 20 heavy (non-hydrogen) atoms. The van der Waals surface area contributed by atoms with Crippen molar-refractivity contribution in [3.63, 3.8) is 0 Å². The molecule has 3 rings (SSSR count). The summed E-state index contributed by atoms with van der Waals surface area (Å²) in [7, 11) is 0. The van der Waals surface area contributed by atoms with Gasteiger partial charge in [-0.3, -0.25) is 4.90 Å². The third-order valence-electron chi connectivity index (χ3n) is 5.55. The summed E-state index contributed by atoms with van der Waals surface area (Å²) in [5, 5.41) is 0. The van der Waals surface area contributed by atoms with Gasteiger partial charge in [0.15, 0.2) is 0 Å². The zero-order valence-corrected chi connectivity index (χ0v) is 12.7. The molecule has 0 radical (unpaired) electrons. The van der Waals surface area contributed by atoms with Crippen molar-refractivity contribution in [3.8, 4) is 0 Å². The van der Waals surface area contributed by atoms with Gasteiger partial charge in [0.05, 0.1) is 6.04 Å². The molecule has 1 aliphatic carbocycles. The lowest BCUT2D eigenvalue weighted by molar-refractivity contribution is 0.0699. The summed E-state index contributed by atoms with van der Waals surface area (Å²) in [5.74, 6) is 2.13. The molecule has 1 spiro atoms. The second-order valence-electron chi connectivity index (χ2n) is 6.65. The van der Waals surface area contributed by atoms with Crippen LogP contribution in [0.15, 0.2) is 16.5 Å². The highest BCUT2D eigenvalue weighted by molar-refractivity contribution is 5.12. The van der Waals surface area contributed by atoms with Crippen LogP contribution >= 0.6 is 0 Å². The summed E-state index contributed by atoms with van der Waals surface area (Å²) in [6, 6.07) is 4.49. The zero-order chi connectivity index (χ0) is 14.0. The third kappa shape index (κ3) is 2.66. The second kappa shape index (κ2) is 5.90. The molecule has 2 N–H and O–H groups in total. The molecule has 2 heterocycles. The van der Waals surface area contributed by atoms with Crippen molar-refractivity contribution in [3.05, 3.63) is 23.7 Å². The van der Waals surface area contributed by atoms with Crippen LogP contribution in [0.4, 0.5) is 0 Å². The molecule has 112 valence electrons. The Morgan fingerprint density at radius 3 is 2.45 bits per heavy atom. The first-order chi connectivity index (χ1) is 9.76. The van der Waals surface area contributed by atoms with E-state index in [1.54, 1.807) is 0 Å². The van der Waals surface area contributed by atoms with Crippen LogP contribution < -0.4 is 5.73 Å². The van der Waals surface area contributed by atoms with Crippen molar-refractivity contribution in [2.75, 3.05) is 19.6 Å². The lowest BCUT2D eigenvalue weighted by Gasteiger charge is -2.42. The minimum absolute atomic E-state index is 0.272. The van der Waals surface area contributed by atoms with E-state index in [4.69, 9.17) is 10.2 Å². The maximum Gasteiger partial charge on any atom is 0.122 e. The Labute approximate surface area is 122 Å². The molecule has 1 aromatic rings. The van der Waals surface area contributed by atoms with Crippen LogP contribution in [0.25, 0.3) is 0 Å². The molecule has 1 atom stereocenters. The fraction of sp³-hybridized carbons (Fsp3) is 0.765. The van der Waals surface area contributed by atoms with Gasteiger partial charge < -0.3 is 10.2 Å². The quantitative estimate of drug-likeness (QED) is 0.915. The van der Waals surface area contributed by atoms with Gasteiger partial charge in [-0.05, 0) is 56.3 Å². The molecular formula is C17H28N2O. The molecule has 1 saturated carbocycles. The predicted octanol–water partition coefficient (Wildman–Crippen LogP) is 3.50. The van der Waals surface area contributed by atoms with Crippen molar-refractivity contribution in [2.45, 2.75) is 57.9 Å². The highest BCUT2D eigenvalue weighted by atomic mass is 16.3. The number of aryl methyl sites for hydroxylation is 1. The highest BCUT2D eigenvalue weighted by Gasteiger charge is 2.38. The Bertz CT molecular complexity index is 424. The Morgan fingerprint density at radius 2 is 1.90 bits per heavy atom. The lowest BCUT2D eigenvalue weighted by atomic mass is 9.77.